The van der Waals surface area contributed by atoms with Gasteiger partial charge in [-0.2, -0.15) is 0 Å². The number of fused-ring (bicyclic) bond motifs is 1. The number of rotatable bonds is 6. The summed E-state index contributed by atoms with van der Waals surface area (Å²) in [5.74, 6) is -1.61. The third kappa shape index (κ3) is 3.83. The highest BCUT2D eigenvalue weighted by atomic mass is 32.2. The van der Waals surface area contributed by atoms with Crippen molar-refractivity contribution < 1.29 is 23.7 Å². The van der Waals surface area contributed by atoms with Gasteiger partial charge in [0.05, 0.1) is 11.1 Å². The Morgan fingerprint density at radius 2 is 1.00 bits per heavy atom. The van der Waals surface area contributed by atoms with E-state index in [9.17, 15) is 23.7 Å². The van der Waals surface area contributed by atoms with E-state index in [-0.39, 0.29) is 33.5 Å². The average Bonchev–Trinajstić information content (AvgIpc) is 2.74. The number of benzene rings is 3. The largest absolute Gasteiger partial charge is 0.606 e. The Hall–Kier alpha value is -3.35. The molecular formula is C22H14O5S. The summed E-state index contributed by atoms with van der Waals surface area (Å²) in [5, 5.41) is 0. The molecule has 138 valence electrons. The summed E-state index contributed by atoms with van der Waals surface area (Å²) in [7, 11) is 0. The van der Waals surface area contributed by atoms with Crippen molar-refractivity contribution in [2.24, 2.45) is 0 Å². The molecule has 0 radical (unpaired) electrons. The Labute approximate surface area is 164 Å². The molecule has 0 spiro atoms. The first-order valence-electron chi connectivity index (χ1n) is 8.26. The minimum Gasteiger partial charge on any atom is -0.606 e. The number of hydrogen-bond acceptors (Lipinski definition) is 5. The van der Waals surface area contributed by atoms with Gasteiger partial charge in [-0.25, -0.2) is 0 Å². The van der Waals surface area contributed by atoms with Crippen LogP contribution in [0.25, 0.3) is 11.1 Å². The molecule has 0 atom stereocenters. The molecule has 28 heavy (non-hydrogen) atoms. The van der Waals surface area contributed by atoms with E-state index in [1.807, 2.05) is 0 Å². The van der Waals surface area contributed by atoms with Crippen LogP contribution in [0.5, 0.6) is 0 Å². The first kappa shape index (κ1) is 19.4. The van der Waals surface area contributed by atoms with Crippen LogP contribution in [0.2, 0.25) is 0 Å². The van der Waals surface area contributed by atoms with Gasteiger partial charge in [0.25, 0.3) is 0 Å². The monoisotopic (exact) mass is 390 g/mol. The normalized spacial score (nSPS) is 10.5. The summed E-state index contributed by atoms with van der Waals surface area (Å²) in [5.41, 5.74) is 2.86. The Balaban J connectivity index is 0.000000311. The van der Waals surface area contributed by atoms with Gasteiger partial charge < -0.3 is 4.55 Å². The van der Waals surface area contributed by atoms with Crippen LogP contribution in [0.1, 0.15) is 20.7 Å². The summed E-state index contributed by atoms with van der Waals surface area (Å²) in [4.78, 5) is 44.8. The molecule has 0 aromatic heterocycles. The maximum absolute atomic E-state index is 12.7. The van der Waals surface area contributed by atoms with Crippen LogP contribution in [-0.2, 0) is 20.8 Å². The van der Waals surface area contributed by atoms with Gasteiger partial charge in [-0.1, -0.05) is 48.5 Å². The summed E-state index contributed by atoms with van der Waals surface area (Å²) in [6, 6.07) is 20.3. The second-order valence-electron chi connectivity index (χ2n) is 5.80. The fraction of sp³-hybridized carbons (Fsp3) is 0. The Morgan fingerprint density at radius 3 is 1.29 bits per heavy atom. The minimum atomic E-state index is -1.87. The molecule has 2 aliphatic rings. The van der Waals surface area contributed by atoms with Gasteiger partial charge in [0, 0.05) is 11.2 Å². The molecule has 0 aliphatic heterocycles. The van der Waals surface area contributed by atoms with Gasteiger partial charge in [0.15, 0.2) is 22.4 Å². The van der Waals surface area contributed by atoms with Gasteiger partial charge in [0.2, 0.25) is 11.6 Å². The number of Topliss-reactive ketones (excluding diaryl/α,β-unsaturated/α-hetero) is 2. The van der Waals surface area contributed by atoms with E-state index in [2.05, 4.69) is 24.3 Å². The molecule has 6 heteroatoms. The van der Waals surface area contributed by atoms with Crippen molar-refractivity contribution in [2.45, 2.75) is 9.79 Å². The molecule has 5 nitrogen and oxygen atoms in total. The van der Waals surface area contributed by atoms with Gasteiger partial charge in [-0.3, -0.25) is 19.2 Å². The Kier molecular flexibility index (Phi) is 5.93. The van der Waals surface area contributed by atoms with E-state index in [1.54, 1.807) is 24.3 Å². The van der Waals surface area contributed by atoms with Crippen molar-refractivity contribution in [2.75, 3.05) is 0 Å². The van der Waals surface area contributed by atoms with E-state index in [1.165, 1.54) is 35.4 Å². The lowest BCUT2D eigenvalue weighted by molar-refractivity contribution is -0.105. The first-order valence-corrected chi connectivity index (χ1v) is 9.41. The van der Waals surface area contributed by atoms with Crippen molar-refractivity contribution in [3.8, 4) is 11.1 Å². The minimum absolute atomic E-state index is 0.00388. The third-order valence-electron chi connectivity index (χ3n) is 4.14. The molecule has 0 saturated heterocycles. The number of carbonyl (C=O) groups excluding carboxylic acids is 4. The third-order valence-corrected chi connectivity index (χ3v) is 5.65. The molecule has 0 N–H and O–H groups in total. The molecular weight excluding hydrogens is 376 g/mol. The van der Waals surface area contributed by atoms with E-state index in [0.717, 1.165) is 0 Å². The predicted octanol–water partition coefficient (Wildman–Crippen LogP) is 3.28. The van der Waals surface area contributed by atoms with Gasteiger partial charge in [0.1, 0.15) is 0 Å². The number of ketones is 2. The second-order valence-corrected chi connectivity index (χ2v) is 7.22. The van der Waals surface area contributed by atoms with Crippen molar-refractivity contribution in [3.05, 3.63) is 83.9 Å². The first-order chi connectivity index (χ1) is 13.6. The highest BCUT2D eigenvalue weighted by Gasteiger charge is 2.26. The summed E-state index contributed by atoms with van der Waals surface area (Å²) in [6.07, 6.45) is 0.275. The second kappa shape index (κ2) is 8.56. The molecule has 4 rings (SSSR count). The Bertz CT molecular complexity index is 972. The molecule has 0 fully saturated rings. The molecule has 2 aromatic rings. The highest BCUT2D eigenvalue weighted by Crippen LogP contribution is 2.29. The fourth-order valence-corrected chi connectivity index (χ4v) is 3.95. The molecule has 0 heterocycles. The summed E-state index contributed by atoms with van der Waals surface area (Å²) in [6.45, 7) is 0. The van der Waals surface area contributed by atoms with Crippen LogP contribution in [0.3, 0.4) is 0 Å². The zero-order valence-corrected chi connectivity index (χ0v) is 15.3. The molecule has 0 unspecified atom stereocenters. The number of hydrogen-bond donors (Lipinski definition) is 0. The van der Waals surface area contributed by atoms with Crippen LogP contribution >= 0.6 is 0 Å². The van der Waals surface area contributed by atoms with Gasteiger partial charge in [-0.05, 0) is 35.4 Å². The van der Waals surface area contributed by atoms with Gasteiger partial charge >= 0.3 is 0 Å². The smallest absolute Gasteiger partial charge is 0.230 e. The quantitative estimate of drug-likeness (QED) is 0.218. The highest BCUT2D eigenvalue weighted by molar-refractivity contribution is 7.91. The van der Waals surface area contributed by atoms with Crippen molar-refractivity contribution in [1.29, 1.82) is 0 Å². The van der Waals surface area contributed by atoms with Crippen molar-refractivity contribution >= 4 is 35.3 Å². The lowest BCUT2D eigenvalue weighted by atomic mass is 9.95. The zero-order valence-electron chi connectivity index (χ0n) is 14.5. The van der Waals surface area contributed by atoms with Crippen molar-refractivity contribution in [1.82, 2.24) is 0 Å². The van der Waals surface area contributed by atoms with E-state index in [0.29, 0.717) is 0 Å². The van der Waals surface area contributed by atoms with Crippen LogP contribution in [0, 0.1) is 0 Å². The summed E-state index contributed by atoms with van der Waals surface area (Å²) >= 11 is -1.87. The molecule has 0 bridgehead atoms. The van der Waals surface area contributed by atoms with Crippen LogP contribution in [0.15, 0.2) is 82.6 Å². The zero-order chi connectivity index (χ0) is 20.1. The van der Waals surface area contributed by atoms with E-state index < -0.39 is 22.7 Å². The molecule has 0 amide bonds. The molecule has 2 aliphatic carbocycles. The fourth-order valence-electron chi connectivity index (χ4n) is 2.57. The van der Waals surface area contributed by atoms with Crippen LogP contribution in [-0.4, -0.2) is 28.7 Å². The average molecular weight is 390 g/mol. The lowest BCUT2D eigenvalue weighted by Gasteiger charge is -2.14. The SMILES string of the molecule is O=CC(=O)c1ccccc1[S+]([O-])c1ccccc1C(=O)C=O.c1cc2ccc1-2. The van der Waals surface area contributed by atoms with E-state index in [4.69, 9.17) is 0 Å². The van der Waals surface area contributed by atoms with E-state index >= 15 is 0 Å². The maximum Gasteiger partial charge on any atom is 0.230 e. The standard InChI is InChI=1S/C16H10O5S.C6H4/c17-9-13(19)11-5-1-3-7-15(11)22(21)16-8-4-2-6-12(16)14(20)10-18;1-2-6-4-3-5(1)6/h1-10H;1-4H. The number of carbonyl (C=O) groups is 4. The van der Waals surface area contributed by atoms with Gasteiger partial charge in [-0.15, -0.1) is 0 Å². The molecule has 0 saturated carbocycles. The maximum atomic E-state index is 12.7. The predicted molar refractivity (Wildman–Crippen MR) is 104 cm³/mol. The lowest BCUT2D eigenvalue weighted by Crippen LogP contribution is -2.14. The number of aldehydes is 2. The van der Waals surface area contributed by atoms with Crippen LogP contribution < -0.4 is 0 Å². The topological polar surface area (TPSA) is 91.3 Å². The summed E-state index contributed by atoms with van der Waals surface area (Å²) < 4.78 is 12.7. The van der Waals surface area contributed by atoms with Crippen LogP contribution in [0.4, 0.5) is 0 Å². The Morgan fingerprint density at radius 1 is 0.643 bits per heavy atom. The molecule has 2 aromatic carbocycles. The van der Waals surface area contributed by atoms with Crippen molar-refractivity contribution in [3.63, 3.8) is 0 Å².